The number of hydrogen-bond acceptors (Lipinski definition) is 2. The monoisotopic (exact) mass is 223 g/mol. The number of benzene rings is 1. The number of nitrogens with one attached hydrogen (secondary N) is 2. The Balaban J connectivity index is 2.01. The summed E-state index contributed by atoms with van der Waals surface area (Å²) in [4.78, 5) is 0. The minimum Gasteiger partial charge on any atom is -0.379 e. The molecule has 3 nitrogen and oxygen atoms in total. The Kier molecular flexibility index (Phi) is 3.14. The minimum absolute atomic E-state index is 0.0228. The van der Waals surface area contributed by atoms with E-state index in [-0.39, 0.29) is 5.56 Å². The van der Waals surface area contributed by atoms with Crippen molar-refractivity contribution >= 4 is 5.69 Å². The number of rotatable bonds is 4. The Bertz CT molecular complexity index is 440. The van der Waals surface area contributed by atoms with Crippen LogP contribution in [0, 0.1) is 0 Å². The van der Waals surface area contributed by atoms with Crippen molar-refractivity contribution in [3.63, 3.8) is 0 Å². The first-order valence-corrected chi connectivity index (χ1v) is 4.86. The molecule has 2 N–H and O–H groups in total. The molecule has 16 heavy (non-hydrogen) atoms. The summed E-state index contributed by atoms with van der Waals surface area (Å²) < 4.78 is 24.8. The molecule has 0 fully saturated rings. The number of hydrogen-bond donors (Lipinski definition) is 2. The minimum atomic E-state index is -2.44. The molecule has 0 bridgehead atoms. The van der Waals surface area contributed by atoms with Crippen LogP contribution in [-0.2, 0) is 6.54 Å². The molecule has 0 unspecified atom stereocenters. The van der Waals surface area contributed by atoms with Gasteiger partial charge in [0.1, 0.15) is 0 Å². The van der Waals surface area contributed by atoms with Crippen LogP contribution >= 0.6 is 0 Å². The van der Waals surface area contributed by atoms with E-state index in [9.17, 15) is 8.78 Å². The molecule has 0 saturated heterocycles. The number of anilines is 1. The van der Waals surface area contributed by atoms with Crippen molar-refractivity contribution in [3.05, 3.63) is 47.8 Å². The molecule has 5 heteroatoms. The third-order valence-corrected chi connectivity index (χ3v) is 2.18. The van der Waals surface area contributed by atoms with Gasteiger partial charge in [-0.2, -0.15) is 5.10 Å². The van der Waals surface area contributed by atoms with E-state index in [1.807, 2.05) is 6.07 Å². The Labute approximate surface area is 91.5 Å². The second kappa shape index (κ2) is 4.74. The molecule has 0 atom stereocenters. The van der Waals surface area contributed by atoms with Crippen LogP contribution in [-0.4, -0.2) is 10.2 Å². The SMILES string of the molecule is FC(F)c1cccc(NCc2ccn[nH]2)c1. The summed E-state index contributed by atoms with van der Waals surface area (Å²) in [5.74, 6) is 0. The molecule has 0 aliphatic heterocycles. The van der Waals surface area contributed by atoms with Crippen LogP contribution in [0.25, 0.3) is 0 Å². The number of H-pyrrole nitrogens is 1. The molecule has 2 aromatic rings. The Morgan fingerprint density at radius 2 is 2.19 bits per heavy atom. The molecule has 0 amide bonds. The largest absolute Gasteiger partial charge is 0.379 e. The average molecular weight is 223 g/mol. The standard InChI is InChI=1S/C11H11F2N3/c12-11(13)8-2-1-3-9(6-8)14-7-10-4-5-15-16-10/h1-6,11,14H,7H2,(H,15,16). The van der Waals surface area contributed by atoms with Gasteiger partial charge in [0.05, 0.1) is 12.2 Å². The Morgan fingerprint density at radius 3 is 2.88 bits per heavy atom. The summed E-state index contributed by atoms with van der Waals surface area (Å²) in [6, 6.07) is 8.04. The van der Waals surface area contributed by atoms with Crippen LogP contribution in [0.2, 0.25) is 0 Å². The average Bonchev–Trinajstić information content (AvgIpc) is 2.79. The summed E-state index contributed by atoms with van der Waals surface area (Å²) in [6.07, 6.45) is -0.791. The molecule has 0 spiro atoms. The van der Waals surface area contributed by atoms with E-state index in [0.717, 1.165) is 5.69 Å². The first-order chi connectivity index (χ1) is 7.75. The van der Waals surface area contributed by atoms with Crippen molar-refractivity contribution in [2.45, 2.75) is 13.0 Å². The van der Waals surface area contributed by atoms with Crippen molar-refractivity contribution in [1.82, 2.24) is 10.2 Å². The summed E-state index contributed by atoms with van der Waals surface area (Å²) >= 11 is 0. The lowest BCUT2D eigenvalue weighted by atomic mass is 10.2. The molecule has 0 saturated carbocycles. The molecule has 1 heterocycles. The van der Waals surface area contributed by atoms with Gasteiger partial charge in [0.2, 0.25) is 0 Å². The van der Waals surface area contributed by atoms with Gasteiger partial charge in [0, 0.05) is 17.4 Å². The maximum atomic E-state index is 12.4. The smallest absolute Gasteiger partial charge is 0.263 e. The van der Waals surface area contributed by atoms with Crippen molar-refractivity contribution < 1.29 is 8.78 Å². The summed E-state index contributed by atoms with van der Waals surface area (Å²) in [6.45, 7) is 0.534. The van der Waals surface area contributed by atoms with E-state index in [2.05, 4.69) is 15.5 Å². The highest BCUT2D eigenvalue weighted by Crippen LogP contribution is 2.21. The van der Waals surface area contributed by atoms with E-state index in [1.165, 1.54) is 12.1 Å². The van der Waals surface area contributed by atoms with Gasteiger partial charge < -0.3 is 5.32 Å². The summed E-state index contributed by atoms with van der Waals surface area (Å²) in [5, 5.41) is 9.62. The van der Waals surface area contributed by atoms with E-state index in [4.69, 9.17) is 0 Å². The fraction of sp³-hybridized carbons (Fsp3) is 0.182. The highest BCUT2D eigenvalue weighted by atomic mass is 19.3. The van der Waals surface area contributed by atoms with Crippen LogP contribution in [0.1, 0.15) is 17.7 Å². The number of alkyl halides is 2. The predicted octanol–water partition coefficient (Wildman–Crippen LogP) is 2.96. The first kappa shape index (κ1) is 10.6. The van der Waals surface area contributed by atoms with Gasteiger partial charge in [-0.05, 0) is 18.2 Å². The van der Waals surface area contributed by atoms with Gasteiger partial charge in [0.15, 0.2) is 0 Å². The quantitative estimate of drug-likeness (QED) is 0.836. The van der Waals surface area contributed by atoms with Crippen LogP contribution < -0.4 is 5.32 Å². The van der Waals surface area contributed by atoms with E-state index in [0.29, 0.717) is 12.2 Å². The number of halogens is 2. The fourth-order valence-corrected chi connectivity index (χ4v) is 1.36. The van der Waals surface area contributed by atoms with Crippen LogP contribution in [0.4, 0.5) is 14.5 Å². The number of nitrogens with zero attached hydrogens (tertiary/aromatic N) is 1. The first-order valence-electron chi connectivity index (χ1n) is 4.86. The van der Waals surface area contributed by atoms with E-state index < -0.39 is 6.43 Å². The van der Waals surface area contributed by atoms with Gasteiger partial charge in [-0.3, -0.25) is 5.10 Å². The molecule has 2 rings (SSSR count). The topological polar surface area (TPSA) is 40.7 Å². The zero-order valence-electron chi connectivity index (χ0n) is 8.45. The lowest BCUT2D eigenvalue weighted by Gasteiger charge is -2.06. The van der Waals surface area contributed by atoms with Crippen molar-refractivity contribution in [2.75, 3.05) is 5.32 Å². The Hall–Kier alpha value is -1.91. The molecule has 84 valence electrons. The Morgan fingerprint density at radius 1 is 1.31 bits per heavy atom. The zero-order valence-corrected chi connectivity index (χ0v) is 8.45. The maximum Gasteiger partial charge on any atom is 0.263 e. The van der Waals surface area contributed by atoms with Gasteiger partial charge in [-0.1, -0.05) is 12.1 Å². The van der Waals surface area contributed by atoms with Crippen molar-refractivity contribution in [2.24, 2.45) is 0 Å². The molecule has 1 aromatic heterocycles. The van der Waals surface area contributed by atoms with Gasteiger partial charge in [-0.25, -0.2) is 8.78 Å². The zero-order chi connectivity index (χ0) is 11.4. The van der Waals surface area contributed by atoms with E-state index in [1.54, 1.807) is 18.3 Å². The molecule has 1 aromatic carbocycles. The lowest BCUT2D eigenvalue weighted by Crippen LogP contribution is -2.00. The maximum absolute atomic E-state index is 12.4. The van der Waals surface area contributed by atoms with Crippen LogP contribution in [0.5, 0.6) is 0 Å². The molecule has 0 aliphatic rings. The van der Waals surface area contributed by atoms with Crippen molar-refractivity contribution in [3.8, 4) is 0 Å². The van der Waals surface area contributed by atoms with Crippen molar-refractivity contribution in [1.29, 1.82) is 0 Å². The second-order valence-electron chi connectivity index (χ2n) is 3.36. The highest BCUT2D eigenvalue weighted by Gasteiger charge is 2.06. The lowest BCUT2D eigenvalue weighted by molar-refractivity contribution is 0.151. The third kappa shape index (κ3) is 2.56. The molecule has 0 radical (unpaired) electrons. The second-order valence-corrected chi connectivity index (χ2v) is 3.36. The third-order valence-electron chi connectivity index (χ3n) is 2.18. The number of aromatic nitrogens is 2. The van der Waals surface area contributed by atoms with E-state index >= 15 is 0 Å². The van der Waals surface area contributed by atoms with Crippen LogP contribution in [0.15, 0.2) is 36.5 Å². The molecular formula is C11H11F2N3. The fourth-order valence-electron chi connectivity index (χ4n) is 1.36. The predicted molar refractivity (Wildman–Crippen MR) is 57.3 cm³/mol. The molecule has 0 aliphatic carbocycles. The number of aromatic amines is 1. The van der Waals surface area contributed by atoms with Gasteiger partial charge in [-0.15, -0.1) is 0 Å². The van der Waals surface area contributed by atoms with Gasteiger partial charge >= 0.3 is 0 Å². The highest BCUT2D eigenvalue weighted by molar-refractivity contribution is 5.46. The van der Waals surface area contributed by atoms with Gasteiger partial charge in [0.25, 0.3) is 6.43 Å². The normalized spacial score (nSPS) is 10.7. The van der Waals surface area contributed by atoms with Crippen LogP contribution in [0.3, 0.4) is 0 Å². The molecular weight excluding hydrogens is 212 g/mol. The summed E-state index contributed by atoms with van der Waals surface area (Å²) in [5.41, 5.74) is 1.60. The summed E-state index contributed by atoms with van der Waals surface area (Å²) in [7, 11) is 0.